The predicted octanol–water partition coefficient (Wildman–Crippen LogP) is 4.67. The number of benzene rings is 3. The largest absolute Gasteiger partial charge is 0.482 e. The molecule has 0 saturated heterocycles. The van der Waals surface area contributed by atoms with Gasteiger partial charge in [-0.2, -0.15) is 0 Å². The number of aromatic nitrogens is 2. The number of hydrogen-bond acceptors (Lipinski definition) is 4. The standard InChI is InChI=1S/C24H20ClN3O3/c1-15-7-10-18(11-8-15)28-16(2)26-21-12-9-17(13-19(21)24(28)30)27-23(29)14-31-22-6-4-3-5-20(22)25/h3-13H,14H2,1-2H3,(H,27,29). The molecule has 1 aromatic heterocycles. The first-order valence-electron chi connectivity index (χ1n) is 9.70. The summed E-state index contributed by atoms with van der Waals surface area (Å²) in [6.45, 7) is 3.58. The van der Waals surface area contributed by atoms with Crippen LogP contribution in [0.25, 0.3) is 16.6 Å². The summed E-state index contributed by atoms with van der Waals surface area (Å²) in [7, 11) is 0. The fraction of sp³-hybridized carbons (Fsp3) is 0.125. The molecule has 31 heavy (non-hydrogen) atoms. The Kier molecular flexibility index (Phi) is 5.73. The van der Waals surface area contributed by atoms with Gasteiger partial charge in [0.2, 0.25) is 0 Å². The van der Waals surface area contributed by atoms with E-state index in [-0.39, 0.29) is 18.1 Å². The second kappa shape index (κ2) is 8.62. The van der Waals surface area contributed by atoms with E-state index in [0.717, 1.165) is 11.3 Å². The monoisotopic (exact) mass is 433 g/mol. The molecule has 0 atom stereocenters. The van der Waals surface area contributed by atoms with Crippen LogP contribution in [-0.4, -0.2) is 22.1 Å². The van der Waals surface area contributed by atoms with Gasteiger partial charge in [-0.1, -0.05) is 41.4 Å². The van der Waals surface area contributed by atoms with Crippen LogP contribution in [0.3, 0.4) is 0 Å². The van der Waals surface area contributed by atoms with Gasteiger partial charge in [0, 0.05) is 5.69 Å². The Balaban J connectivity index is 1.60. The molecule has 6 nitrogen and oxygen atoms in total. The van der Waals surface area contributed by atoms with Crippen LogP contribution in [0.1, 0.15) is 11.4 Å². The fourth-order valence-corrected chi connectivity index (χ4v) is 3.46. The number of aryl methyl sites for hydroxylation is 2. The van der Waals surface area contributed by atoms with Crippen LogP contribution < -0.4 is 15.6 Å². The van der Waals surface area contributed by atoms with Gasteiger partial charge in [-0.25, -0.2) is 4.98 Å². The third-order valence-corrected chi connectivity index (χ3v) is 5.12. The molecule has 1 amide bonds. The second-order valence-corrected chi connectivity index (χ2v) is 7.54. The lowest BCUT2D eigenvalue weighted by Gasteiger charge is -2.12. The fourth-order valence-electron chi connectivity index (χ4n) is 3.27. The second-order valence-electron chi connectivity index (χ2n) is 7.13. The van der Waals surface area contributed by atoms with Crippen LogP contribution >= 0.6 is 11.6 Å². The van der Waals surface area contributed by atoms with Crippen LogP contribution in [-0.2, 0) is 4.79 Å². The van der Waals surface area contributed by atoms with E-state index in [4.69, 9.17) is 16.3 Å². The molecule has 0 saturated carbocycles. The van der Waals surface area contributed by atoms with Crippen molar-refractivity contribution in [2.75, 3.05) is 11.9 Å². The molecule has 156 valence electrons. The molecule has 0 unspecified atom stereocenters. The molecule has 4 rings (SSSR count). The zero-order valence-corrected chi connectivity index (χ0v) is 17.8. The van der Waals surface area contributed by atoms with Crippen LogP contribution in [0, 0.1) is 13.8 Å². The van der Waals surface area contributed by atoms with Crippen molar-refractivity contribution in [3.8, 4) is 11.4 Å². The molecule has 0 radical (unpaired) electrons. The van der Waals surface area contributed by atoms with E-state index in [9.17, 15) is 9.59 Å². The first-order chi connectivity index (χ1) is 14.9. The van der Waals surface area contributed by atoms with Crippen molar-refractivity contribution in [2.24, 2.45) is 0 Å². The minimum Gasteiger partial charge on any atom is -0.482 e. The number of rotatable bonds is 5. The highest BCUT2D eigenvalue weighted by Crippen LogP contribution is 2.23. The zero-order chi connectivity index (χ0) is 22.0. The van der Waals surface area contributed by atoms with Gasteiger partial charge in [-0.15, -0.1) is 0 Å². The molecular formula is C24H20ClN3O3. The van der Waals surface area contributed by atoms with E-state index in [0.29, 0.717) is 33.2 Å². The summed E-state index contributed by atoms with van der Waals surface area (Å²) >= 11 is 6.04. The summed E-state index contributed by atoms with van der Waals surface area (Å²) in [5.74, 6) is 0.656. The Morgan fingerprint density at radius 2 is 1.81 bits per heavy atom. The molecule has 1 N–H and O–H groups in total. The Bertz CT molecular complexity index is 1330. The molecule has 0 bridgehead atoms. The molecule has 1 heterocycles. The summed E-state index contributed by atoms with van der Waals surface area (Å²) < 4.78 is 7.03. The average molecular weight is 434 g/mol. The average Bonchev–Trinajstić information content (AvgIpc) is 2.75. The van der Waals surface area contributed by atoms with E-state index in [2.05, 4.69) is 10.3 Å². The number of hydrogen-bond donors (Lipinski definition) is 1. The van der Waals surface area contributed by atoms with Gasteiger partial charge in [0.1, 0.15) is 11.6 Å². The molecule has 0 aliphatic carbocycles. The van der Waals surface area contributed by atoms with Crippen molar-refractivity contribution in [3.05, 3.63) is 93.5 Å². The van der Waals surface area contributed by atoms with Crippen molar-refractivity contribution in [1.82, 2.24) is 9.55 Å². The molecule has 4 aromatic rings. The maximum atomic E-state index is 13.2. The minimum absolute atomic E-state index is 0.199. The third kappa shape index (κ3) is 4.44. The van der Waals surface area contributed by atoms with Crippen LogP contribution in [0.15, 0.2) is 71.5 Å². The Morgan fingerprint density at radius 3 is 2.55 bits per heavy atom. The van der Waals surface area contributed by atoms with Gasteiger partial charge < -0.3 is 10.1 Å². The number of halogens is 1. The molecule has 3 aromatic carbocycles. The number of para-hydroxylation sites is 1. The lowest BCUT2D eigenvalue weighted by molar-refractivity contribution is -0.118. The molecule has 0 spiro atoms. The maximum Gasteiger partial charge on any atom is 0.266 e. The zero-order valence-electron chi connectivity index (χ0n) is 17.1. The summed E-state index contributed by atoms with van der Waals surface area (Å²) in [4.78, 5) is 30.1. The maximum absolute atomic E-state index is 13.2. The number of ether oxygens (including phenoxy) is 1. The molecule has 7 heteroatoms. The van der Waals surface area contributed by atoms with Crippen molar-refractivity contribution in [3.63, 3.8) is 0 Å². The van der Waals surface area contributed by atoms with Crippen LogP contribution in [0.5, 0.6) is 5.75 Å². The number of carbonyl (C=O) groups is 1. The van der Waals surface area contributed by atoms with Gasteiger partial charge in [0.25, 0.3) is 11.5 Å². The highest BCUT2D eigenvalue weighted by molar-refractivity contribution is 6.32. The number of fused-ring (bicyclic) bond motifs is 1. The quantitative estimate of drug-likeness (QED) is 0.496. The number of nitrogens with one attached hydrogen (secondary N) is 1. The minimum atomic E-state index is -0.363. The van der Waals surface area contributed by atoms with Crippen LogP contribution in [0.2, 0.25) is 5.02 Å². The van der Waals surface area contributed by atoms with Gasteiger partial charge >= 0.3 is 0 Å². The highest BCUT2D eigenvalue weighted by Gasteiger charge is 2.12. The molecular weight excluding hydrogens is 414 g/mol. The number of nitrogens with zero attached hydrogens (tertiary/aromatic N) is 2. The van der Waals surface area contributed by atoms with Crippen molar-refractivity contribution in [1.29, 1.82) is 0 Å². The van der Waals surface area contributed by atoms with E-state index < -0.39 is 0 Å². The number of anilines is 1. The van der Waals surface area contributed by atoms with Gasteiger partial charge in [-0.05, 0) is 56.3 Å². The first-order valence-corrected chi connectivity index (χ1v) is 10.1. The Labute approximate surface area is 184 Å². The van der Waals surface area contributed by atoms with E-state index in [1.165, 1.54) is 0 Å². The SMILES string of the molecule is Cc1ccc(-n2c(C)nc3ccc(NC(=O)COc4ccccc4Cl)cc3c2=O)cc1. The summed E-state index contributed by atoms with van der Waals surface area (Å²) in [5.41, 5.74) is 2.70. The van der Waals surface area contributed by atoms with Crippen molar-refractivity contribution < 1.29 is 9.53 Å². The molecule has 0 fully saturated rings. The normalized spacial score (nSPS) is 10.8. The number of carbonyl (C=O) groups excluding carboxylic acids is 1. The van der Waals surface area contributed by atoms with Gasteiger partial charge in [-0.3, -0.25) is 14.2 Å². The Hall–Kier alpha value is -3.64. The lowest BCUT2D eigenvalue weighted by atomic mass is 10.2. The summed E-state index contributed by atoms with van der Waals surface area (Å²) in [5, 5.41) is 3.59. The van der Waals surface area contributed by atoms with E-state index >= 15 is 0 Å². The van der Waals surface area contributed by atoms with E-state index in [1.54, 1.807) is 54.0 Å². The molecule has 0 aliphatic heterocycles. The summed E-state index contributed by atoms with van der Waals surface area (Å²) in [6.07, 6.45) is 0. The lowest BCUT2D eigenvalue weighted by Crippen LogP contribution is -2.23. The Morgan fingerprint density at radius 1 is 1.06 bits per heavy atom. The topological polar surface area (TPSA) is 73.2 Å². The highest BCUT2D eigenvalue weighted by atomic mass is 35.5. The van der Waals surface area contributed by atoms with Gasteiger partial charge in [0.15, 0.2) is 6.61 Å². The summed E-state index contributed by atoms with van der Waals surface area (Å²) in [6, 6.07) is 19.6. The van der Waals surface area contributed by atoms with Gasteiger partial charge in [0.05, 0.1) is 21.6 Å². The smallest absolute Gasteiger partial charge is 0.266 e. The van der Waals surface area contributed by atoms with E-state index in [1.807, 2.05) is 31.2 Å². The van der Waals surface area contributed by atoms with Crippen molar-refractivity contribution in [2.45, 2.75) is 13.8 Å². The van der Waals surface area contributed by atoms with Crippen LogP contribution in [0.4, 0.5) is 5.69 Å². The number of amides is 1. The first kappa shape index (κ1) is 20.6. The molecule has 0 aliphatic rings. The predicted molar refractivity (Wildman–Crippen MR) is 122 cm³/mol. The van der Waals surface area contributed by atoms with Crippen molar-refractivity contribution >= 4 is 34.1 Å². The third-order valence-electron chi connectivity index (χ3n) is 4.81.